The standard InChI is InChI=1S/C17H23N3O2/c1-11-7-8-12(2)13(9-11)15-14(10-20(6)19-15)18-16(21)22-17(3,4)5/h7-10H,1-6H3,(H,18,21). The molecule has 5 heteroatoms. The Hall–Kier alpha value is -2.30. The van der Waals surface area contributed by atoms with E-state index >= 15 is 0 Å². The zero-order valence-electron chi connectivity index (χ0n) is 14.0. The maximum absolute atomic E-state index is 12.0. The Morgan fingerprint density at radius 1 is 1.27 bits per heavy atom. The summed E-state index contributed by atoms with van der Waals surface area (Å²) in [6, 6.07) is 6.18. The van der Waals surface area contributed by atoms with Crippen LogP contribution in [-0.4, -0.2) is 21.5 Å². The molecule has 0 spiro atoms. The smallest absolute Gasteiger partial charge is 0.412 e. The summed E-state index contributed by atoms with van der Waals surface area (Å²) in [4.78, 5) is 12.0. The van der Waals surface area contributed by atoms with Gasteiger partial charge in [-0.1, -0.05) is 17.7 Å². The molecule has 1 heterocycles. The Bertz CT molecular complexity index is 696. The van der Waals surface area contributed by atoms with Gasteiger partial charge in [0.2, 0.25) is 0 Å². The molecular formula is C17H23N3O2. The van der Waals surface area contributed by atoms with E-state index in [-0.39, 0.29) is 0 Å². The van der Waals surface area contributed by atoms with E-state index in [0.29, 0.717) is 5.69 Å². The summed E-state index contributed by atoms with van der Waals surface area (Å²) >= 11 is 0. The van der Waals surface area contributed by atoms with Crippen LogP contribution in [0.4, 0.5) is 10.5 Å². The minimum atomic E-state index is -0.536. The highest BCUT2D eigenvalue weighted by atomic mass is 16.6. The number of amides is 1. The quantitative estimate of drug-likeness (QED) is 0.910. The minimum Gasteiger partial charge on any atom is -0.444 e. The number of anilines is 1. The van der Waals surface area contributed by atoms with Crippen molar-refractivity contribution in [2.24, 2.45) is 7.05 Å². The van der Waals surface area contributed by atoms with Crippen LogP contribution in [0.1, 0.15) is 31.9 Å². The van der Waals surface area contributed by atoms with Gasteiger partial charge in [0, 0.05) is 18.8 Å². The highest BCUT2D eigenvalue weighted by Gasteiger charge is 2.19. The van der Waals surface area contributed by atoms with Gasteiger partial charge in [-0.3, -0.25) is 10.00 Å². The van der Waals surface area contributed by atoms with Crippen molar-refractivity contribution in [3.63, 3.8) is 0 Å². The van der Waals surface area contributed by atoms with E-state index in [2.05, 4.69) is 28.6 Å². The van der Waals surface area contributed by atoms with Gasteiger partial charge in [-0.15, -0.1) is 0 Å². The minimum absolute atomic E-state index is 0.480. The number of nitrogens with one attached hydrogen (secondary N) is 1. The van der Waals surface area contributed by atoms with Crippen LogP contribution in [0.5, 0.6) is 0 Å². The summed E-state index contributed by atoms with van der Waals surface area (Å²) in [6.45, 7) is 9.57. The molecular weight excluding hydrogens is 278 g/mol. The number of rotatable bonds is 2. The van der Waals surface area contributed by atoms with E-state index < -0.39 is 11.7 Å². The lowest BCUT2D eigenvalue weighted by Crippen LogP contribution is -2.27. The van der Waals surface area contributed by atoms with Crippen LogP contribution in [0.3, 0.4) is 0 Å². The Balaban J connectivity index is 2.35. The van der Waals surface area contributed by atoms with E-state index in [4.69, 9.17) is 4.74 Å². The molecule has 0 unspecified atom stereocenters. The molecule has 0 saturated heterocycles. The van der Waals surface area contributed by atoms with Crippen molar-refractivity contribution in [1.29, 1.82) is 0 Å². The number of carbonyl (C=O) groups excluding carboxylic acids is 1. The van der Waals surface area contributed by atoms with Crippen molar-refractivity contribution >= 4 is 11.8 Å². The molecule has 0 saturated carbocycles. The molecule has 1 N–H and O–H groups in total. The average Bonchev–Trinajstić information content (AvgIpc) is 2.70. The second-order valence-corrected chi connectivity index (χ2v) is 6.51. The molecule has 1 aromatic carbocycles. The summed E-state index contributed by atoms with van der Waals surface area (Å²) in [7, 11) is 1.83. The van der Waals surface area contributed by atoms with Crippen molar-refractivity contribution in [3.05, 3.63) is 35.5 Å². The second-order valence-electron chi connectivity index (χ2n) is 6.51. The van der Waals surface area contributed by atoms with E-state index in [1.165, 1.54) is 0 Å². The van der Waals surface area contributed by atoms with Gasteiger partial charge in [0.25, 0.3) is 0 Å². The first-order valence-corrected chi connectivity index (χ1v) is 7.27. The fraction of sp³-hybridized carbons (Fsp3) is 0.412. The summed E-state index contributed by atoms with van der Waals surface area (Å²) in [5.41, 5.74) is 4.11. The maximum Gasteiger partial charge on any atom is 0.412 e. The topological polar surface area (TPSA) is 56.2 Å². The third-order valence-corrected chi connectivity index (χ3v) is 3.11. The van der Waals surface area contributed by atoms with Gasteiger partial charge in [-0.05, 0) is 46.2 Å². The Morgan fingerprint density at radius 3 is 2.59 bits per heavy atom. The SMILES string of the molecule is Cc1ccc(C)c(-c2nn(C)cc2NC(=O)OC(C)(C)C)c1. The number of ether oxygens (including phenoxy) is 1. The van der Waals surface area contributed by atoms with Gasteiger partial charge in [0.15, 0.2) is 0 Å². The second kappa shape index (κ2) is 5.83. The number of hydrogen-bond donors (Lipinski definition) is 1. The van der Waals surface area contributed by atoms with Crippen LogP contribution in [-0.2, 0) is 11.8 Å². The van der Waals surface area contributed by atoms with Crippen molar-refractivity contribution in [3.8, 4) is 11.3 Å². The number of hydrogen-bond acceptors (Lipinski definition) is 3. The zero-order valence-corrected chi connectivity index (χ0v) is 14.0. The van der Waals surface area contributed by atoms with E-state index in [1.807, 2.05) is 41.7 Å². The molecule has 2 aromatic rings. The van der Waals surface area contributed by atoms with Crippen molar-refractivity contribution in [1.82, 2.24) is 9.78 Å². The first kappa shape index (κ1) is 16.1. The third kappa shape index (κ3) is 3.87. The van der Waals surface area contributed by atoms with Crippen LogP contribution in [0.2, 0.25) is 0 Å². The number of nitrogens with zero attached hydrogens (tertiary/aromatic N) is 2. The molecule has 0 atom stereocenters. The van der Waals surface area contributed by atoms with Crippen LogP contribution >= 0.6 is 0 Å². The normalized spacial score (nSPS) is 11.4. The van der Waals surface area contributed by atoms with Crippen LogP contribution in [0.15, 0.2) is 24.4 Å². The first-order valence-electron chi connectivity index (χ1n) is 7.27. The molecule has 0 aliphatic carbocycles. The van der Waals surface area contributed by atoms with Crippen molar-refractivity contribution in [2.75, 3.05) is 5.32 Å². The third-order valence-electron chi connectivity index (χ3n) is 3.11. The fourth-order valence-corrected chi connectivity index (χ4v) is 2.18. The van der Waals surface area contributed by atoms with Gasteiger partial charge >= 0.3 is 6.09 Å². The molecule has 1 aromatic heterocycles. The monoisotopic (exact) mass is 301 g/mol. The largest absolute Gasteiger partial charge is 0.444 e. The molecule has 0 bridgehead atoms. The number of aromatic nitrogens is 2. The predicted octanol–water partition coefficient (Wildman–Crippen LogP) is 4.05. The molecule has 0 radical (unpaired) electrons. The lowest BCUT2D eigenvalue weighted by molar-refractivity contribution is 0.0636. The fourth-order valence-electron chi connectivity index (χ4n) is 2.18. The maximum atomic E-state index is 12.0. The van der Waals surface area contributed by atoms with Gasteiger partial charge in [-0.25, -0.2) is 4.79 Å². The lowest BCUT2D eigenvalue weighted by Gasteiger charge is -2.19. The highest BCUT2D eigenvalue weighted by Crippen LogP contribution is 2.30. The average molecular weight is 301 g/mol. The van der Waals surface area contributed by atoms with Crippen molar-refractivity contribution < 1.29 is 9.53 Å². The summed E-state index contributed by atoms with van der Waals surface area (Å²) in [6.07, 6.45) is 1.30. The Labute approximate surface area is 131 Å². The van der Waals surface area contributed by atoms with E-state index in [1.54, 1.807) is 10.9 Å². The Kier molecular flexibility index (Phi) is 4.26. The molecule has 118 valence electrons. The molecule has 22 heavy (non-hydrogen) atoms. The molecule has 1 amide bonds. The summed E-state index contributed by atoms with van der Waals surface area (Å²) in [5.74, 6) is 0. The van der Waals surface area contributed by atoms with E-state index in [0.717, 1.165) is 22.4 Å². The number of benzene rings is 1. The van der Waals surface area contributed by atoms with Crippen LogP contribution < -0.4 is 5.32 Å². The van der Waals surface area contributed by atoms with Crippen LogP contribution in [0.25, 0.3) is 11.3 Å². The summed E-state index contributed by atoms with van der Waals surface area (Å²) < 4.78 is 6.99. The van der Waals surface area contributed by atoms with E-state index in [9.17, 15) is 4.79 Å². The van der Waals surface area contributed by atoms with Crippen molar-refractivity contribution in [2.45, 2.75) is 40.2 Å². The molecule has 0 aliphatic rings. The van der Waals surface area contributed by atoms with Gasteiger partial charge in [-0.2, -0.15) is 5.10 Å². The van der Waals surface area contributed by atoms with Gasteiger partial charge < -0.3 is 4.74 Å². The molecule has 2 rings (SSSR count). The predicted molar refractivity (Wildman–Crippen MR) is 88.0 cm³/mol. The van der Waals surface area contributed by atoms with Gasteiger partial charge in [0.05, 0.1) is 5.69 Å². The molecule has 5 nitrogen and oxygen atoms in total. The lowest BCUT2D eigenvalue weighted by atomic mass is 10.0. The number of aryl methyl sites for hydroxylation is 3. The van der Waals surface area contributed by atoms with Gasteiger partial charge in [0.1, 0.15) is 11.3 Å². The molecule has 0 fully saturated rings. The Morgan fingerprint density at radius 2 is 1.95 bits per heavy atom. The number of carbonyl (C=O) groups is 1. The highest BCUT2D eigenvalue weighted by molar-refractivity contribution is 5.90. The van der Waals surface area contributed by atoms with Crippen LogP contribution in [0, 0.1) is 13.8 Å². The summed E-state index contributed by atoms with van der Waals surface area (Å²) in [5, 5.41) is 7.27. The zero-order chi connectivity index (χ0) is 16.5. The first-order chi connectivity index (χ1) is 10.2. The molecule has 0 aliphatic heterocycles.